The lowest BCUT2D eigenvalue weighted by Gasteiger charge is -2.22. The first-order valence-corrected chi connectivity index (χ1v) is 6.70. The lowest BCUT2D eigenvalue weighted by atomic mass is 9.95. The fourth-order valence-corrected chi connectivity index (χ4v) is 2.14. The van der Waals surface area contributed by atoms with Crippen LogP contribution in [-0.4, -0.2) is 24.7 Å². The molecule has 1 N–H and O–H groups in total. The maximum absolute atomic E-state index is 12.3. The molecule has 1 aliphatic heterocycles. The lowest BCUT2D eigenvalue weighted by Crippen LogP contribution is -2.25. The Hall–Kier alpha value is -1.61. The van der Waals surface area contributed by atoms with Crippen LogP contribution in [0.3, 0.4) is 0 Å². The van der Waals surface area contributed by atoms with E-state index in [4.69, 9.17) is 4.74 Å². The molecule has 0 aliphatic carbocycles. The van der Waals surface area contributed by atoms with Gasteiger partial charge in [0, 0.05) is 6.54 Å². The van der Waals surface area contributed by atoms with Gasteiger partial charge in [-0.2, -0.15) is 0 Å². The van der Waals surface area contributed by atoms with Crippen LogP contribution in [0.5, 0.6) is 0 Å². The number of ether oxygens (including phenoxy) is 1. The van der Waals surface area contributed by atoms with Gasteiger partial charge in [0.1, 0.15) is 5.60 Å². The summed E-state index contributed by atoms with van der Waals surface area (Å²) in [4.78, 5) is 12.3. The van der Waals surface area contributed by atoms with E-state index in [9.17, 15) is 4.79 Å². The molecule has 3 nitrogen and oxygen atoms in total. The predicted molar refractivity (Wildman–Crippen MR) is 77.1 cm³/mol. The first kappa shape index (κ1) is 13.8. The molecule has 2 rings (SSSR count). The molecule has 1 heterocycles. The number of hydrogen-bond donors (Lipinski definition) is 1. The summed E-state index contributed by atoms with van der Waals surface area (Å²) in [7, 11) is 0. The topological polar surface area (TPSA) is 38.3 Å². The molecule has 0 atom stereocenters. The van der Waals surface area contributed by atoms with Crippen molar-refractivity contribution in [2.75, 3.05) is 13.1 Å². The van der Waals surface area contributed by atoms with Crippen molar-refractivity contribution in [2.45, 2.75) is 32.8 Å². The van der Waals surface area contributed by atoms with Crippen LogP contribution in [0.25, 0.3) is 5.57 Å². The highest BCUT2D eigenvalue weighted by molar-refractivity contribution is 5.95. The van der Waals surface area contributed by atoms with E-state index in [0.29, 0.717) is 5.56 Å². The summed E-state index contributed by atoms with van der Waals surface area (Å²) in [5, 5.41) is 3.28. The first-order chi connectivity index (χ1) is 8.97. The van der Waals surface area contributed by atoms with Crippen molar-refractivity contribution >= 4 is 11.5 Å². The van der Waals surface area contributed by atoms with Crippen molar-refractivity contribution in [3.05, 3.63) is 41.5 Å². The van der Waals surface area contributed by atoms with Crippen molar-refractivity contribution in [3.63, 3.8) is 0 Å². The standard InChI is InChI=1S/C16H21NO2/c1-16(2,3)19-15(18)14-7-5-4-6-13(14)12-8-10-17-11-9-12/h4-8,17H,9-11H2,1-3H3. The van der Waals surface area contributed by atoms with E-state index in [2.05, 4.69) is 11.4 Å². The van der Waals surface area contributed by atoms with Crippen LogP contribution in [0.4, 0.5) is 0 Å². The van der Waals surface area contributed by atoms with E-state index in [1.807, 2.05) is 45.0 Å². The summed E-state index contributed by atoms with van der Waals surface area (Å²) in [6.07, 6.45) is 3.09. The van der Waals surface area contributed by atoms with Gasteiger partial charge in [0.05, 0.1) is 5.56 Å². The Bertz CT molecular complexity index is 498. The van der Waals surface area contributed by atoms with Gasteiger partial charge in [0.25, 0.3) is 0 Å². The van der Waals surface area contributed by atoms with Crippen LogP contribution in [-0.2, 0) is 4.74 Å². The second-order valence-corrected chi connectivity index (χ2v) is 5.73. The number of hydrogen-bond acceptors (Lipinski definition) is 3. The molecule has 1 aromatic rings. The SMILES string of the molecule is CC(C)(C)OC(=O)c1ccccc1C1=CCNCC1. The summed E-state index contributed by atoms with van der Waals surface area (Å²) >= 11 is 0. The minimum absolute atomic E-state index is 0.248. The van der Waals surface area contributed by atoms with Crippen LogP contribution in [0.15, 0.2) is 30.3 Å². The predicted octanol–water partition coefficient (Wildman–Crippen LogP) is 3.02. The average molecular weight is 259 g/mol. The summed E-state index contributed by atoms with van der Waals surface area (Å²) in [6, 6.07) is 7.68. The Balaban J connectivity index is 2.31. The first-order valence-electron chi connectivity index (χ1n) is 6.70. The van der Waals surface area contributed by atoms with E-state index in [1.54, 1.807) is 0 Å². The molecule has 0 spiro atoms. The van der Waals surface area contributed by atoms with E-state index in [1.165, 1.54) is 5.57 Å². The molecule has 0 bridgehead atoms. The molecule has 102 valence electrons. The molecule has 0 unspecified atom stereocenters. The maximum atomic E-state index is 12.3. The Morgan fingerprint density at radius 3 is 2.63 bits per heavy atom. The Labute approximate surface area is 114 Å². The number of carbonyl (C=O) groups excluding carboxylic acids is 1. The van der Waals surface area contributed by atoms with E-state index < -0.39 is 5.60 Å². The van der Waals surface area contributed by atoms with Gasteiger partial charge in [0.15, 0.2) is 0 Å². The number of rotatable bonds is 2. The third kappa shape index (κ3) is 3.67. The van der Waals surface area contributed by atoms with Gasteiger partial charge in [-0.3, -0.25) is 0 Å². The van der Waals surface area contributed by atoms with Gasteiger partial charge in [-0.05, 0) is 50.9 Å². The number of nitrogens with one attached hydrogen (secondary N) is 1. The lowest BCUT2D eigenvalue weighted by molar-refractivity contribution is 0.00692. The average Bonchev–Trinajstić information content (AvgIpc) is 2.38. The highest BCUT2D eigenvalue weighted by Gasteiger charge is 2.21. The molecule has 1 aromatic carbocycles. The van der Waals surface area contributed by atoms with E-state index in [-0.39, 0.29) is 5.97 Å². The van der Waals surface area contributed by atoms with Crippen molar-refractivity contribution in [3.8, 4) is 0 Å². The highest BCUT2D eigenvalue weighted by Crippen LogP contribution is 2.25. The Morgan fingerprint density at radius 1 is 1.26 bits per heavy atom. The minimum Gasteiger partial charge on any atom is -0.456 e. The molecule has 1 aliphatic rings. The third-order valence-corrected chi connectivity index (χ3v) is 2.96. The Kier molecular flexibility index (Phi) is 4.05. The quantitative estimate of drug-likeness (QED) is 0.830. The van der Waals surface area contributed by atoms with Gasteiger partial charge in [-0.15, -0.1) is 0 Å². The zero-order chi connectivity index (χ0) is 13.9. The highest BCUT2D eigenvalue weighted by atomic mass is 16.6. The van der Waals surface area contributed by atoms with Crippen LogP contribution in [0, 0.1) is 0 Å². The van der Waals surface area contributed by atoms with Crippen LogP contribution >= 0.6 is 0 Å². The van der Waals surface area contributed by atoms with Gasteiger partial charge >= 0.3 is 5.97 Å². The van der Waals surface area contributed by atoms with E-state index >= 15 is 0 Å². The number of esters is 1. The summed E-state index contributed by atoms with van der Waals surface area (Å²) in [6.45, 7) is 7.47. The second-order valence-electron chi connectivity index (χ2n) is 5.73. The third-order valence-electron chi connectivity index (χ3n) is 2.96. The Morgan fingerprint density at radius 2 is 2.00 bits per heavy atom. The number of carbonyl (C=O) groups is 1. The molecule has 0 amide bonds. The smallest absolute Gasteiger partial charge is 0.339 e. The van der Waals surface area contributed by atoms with Crippen LogP contribution in [0.1, 0.15) is 43.1 Å². The minimum atomic E-state index is -0.466. The number of benzene rings is 1. The molecular weight excluding hydrogens is 238 g/mol. The van der Waals surface area contributed by atoms with Crippen molar-refractivity contribution < 1.29 is 9.53 Å². The maximum Gasteiger partial charge on any atom is 0.339 e. The summed E-state index contributed by atoms with van der Waals surface area (Å²) < 4.78 is 5.47. The molecule has 0 saturated carbocycles. The molecule has 0 radical (unpaired) electrons. The molecule has 3 heteroatoms. The van der Waals surface area contributed by atoms with Crippen molar-refractivity contribution in [2.24, 2.45) is 0 Å². The summed E-state index contributed by atoms with van der Waals surface area (Å²) in [5.74, 6) is -0.248. The van der Waals surface area contributed by atoms with Crippen molar-refractivity contribution in [1.29, 1.82) is 0 Å². The fourth-order valence-electron chi connectivity index (χ4n) is 2.14. The monoisotopic (exact) mass is 259 g/mol. The summed E-state index contributed by atoms with van der Waals surface area (Å²) in [5.41, 5.74) is 2.41. The fraction of sp³-hybridized carbons (Fsp3) is 0.438. The van der Waals surface area contributed by atoms with Gasteiger partial charge in [-0.25, -0.2) is 4.79 Å². The van der Waals surface area contributed by atoms with Gasteiger partial charge < -0.3 is 10.1 Å². The van der Waals surface area contributed by atoms with Gasteiger partial charge in [-0.1, -0.05) is 24.3 Å². The normalized spacial score (nSPS) is 15.8. The van der Waals surface area contributed by atoms with E-state index in [0.717, 1.165) is 25.1 Å². The second kappa shape index (κ2) is 5.57. The van der Waals surface area contributed by atoms with Crippen LogP contribution < -0.4 is 5.32 Å². The van der Waals surface area contributed by atoms with Crippen molar-refractivity contribution in [1.82, 2.24) is 5.32 Å². The van der Waals surface area contributed by atoms with Gasteiger partial charge in [0.2, 0.25) is 0 Å². The molecule has 0 saturated heterocycles. The molecule has 19 heavy (non-hydrogen) atoms. The zero-order valence-electron chi connectivity index (χ0n) is 11.8. The largest absolute Gasteiger partial charge is 0.456 e. The zero-order valence-corrected chi connectivity index (χ0v) is 11.8. The molecular formula is C16H21NO2. The molecule has 0 fully saturated rings. The van der Waals surface area contributed by atoms with Crippen LogP contribution in [0.2, 0.25) is 0 Å². The molecule has 0 aromatic heterocycles.